The molecule has 2 aliphatic rings. The highest BCUT2D eigenvalue weighted by Crippen LogP contribution is 2.35. The summed E-state index contributed by atoms with van der Waals surface area (Å²) in [7, 11) is 0. The van der Waals surface area contributed by atoms with Gasteiger partial charge in [-0.3, -0.25) is 0 Å². The van der Waals surface area contributed by atoms with Gasteiger partial charge in [-0.25, -0.2) is 0 Å². The molecular formula is C15H29NO. The Labute approximate surface area is 106 Å². The average molecular weight is 239 g/mol. The Morgan fingerprint density at radius 3 is 2.59 bits per heavy atom. The second kappa shape index (κ2) is 6.75. The Kier molecular flexibility index (Phi) is 5.30. The molecule has 0 aromatic heterocycles. The smallest absolute Gasteiger partial charge is 0.0590 e. The molecule has 0 aromatic rings. The summed E-state index contributed by atoms with van der Waals surface area (Å²) in [6.07, 6.45) is 12.2. The molecule has 4 atom stereocenters. The Morgan fingerprint density at radius 2 is 1.88 bits per heavy atom. The van der Waals surface area contributed by atoms with Gasteiger partial charge in [0.05, 0.1) is 6.10 Å². The minimum Gasteiger partial charge on any atom is -0.378 e. The number of ether oxygens (including phenoxy) is 1. The molecule has 4 unspecified atom stereocenters. The number of nitrogens with two attached hydrogens (primary N) is 1. The second-order valence-electron chi connectivity index (χ2n) is 6.00. The van der Waals surface area contributed by atoms with Crippen LogP contribution < -0.4 is 5.73 Å². The molecule has 1 heterocycles. The van der Waals surface area contributed by atoms with Crippen LogP contribution in [0.3, 0.4) is 0 Å². The van der Waals surface area contributed by atoms with Gasteiger partial charge in [0.1, 0.15) is 0 Å². The maximum Gasteiger partial charge on any atom is 0.0590 e. The van der Waals surface area contributed by atoms with Gasteiger partial charge in [0.2, 0.25) is 0 Å². The Hall–Kier alpha value is -0.0800. The summed E-state index contributed by atoms with van der Waals surface area (Å²) in [5.41, 5.74) is 6.47. The minimum absolute atomic E-state index is 0.378. The van der Waals surface area contributed by atoms with E-state index in [0.29, 0.717) is 12.1 Å². The second-order valence-corrected chi connectivity index (χ2v) is 6.00. The maximum atomic E-state index is 6.47. The highest BCUT2D eigenvalue weighted by Gasteiger charge is 2.30. The Morgan fingerprint density at radius 1 is 1.12 bits per heavy atom. The first-order valence-corrected chi connectivity index (χ1v) is 7.68. The van der Waals surface area contributed by atoms with E-state index in [4.69, 9.17) is 10.5 Å². The third-order valence-corrected chi connectivity index (χ3v) is 4.85. The molecule has 1 aliphatic heterocycles. The molecule has 2 fully saturated rings. The summed E-state index contributed by atoms with van der Waals surface area (Å²) in [5, 5.41) is 0. The van der Waals surface area contributed by atoms with Crippen molar-refractivity contribution < 1.29 is 4.74 Å². The van der Waals surface area contributed by atoms with E-state index >= 15 is 0 Å². The van der Waals surface area contributed by atoms with Crippen LogP contribution in [0.25, 0.3) is 0 Å². The lowest BCUT2D eigenvalue weighted by molar-refractivity contribution is -0.0000729. The van der Waals surface area contributed by atoms with E-state index in [-0.39, 0.29) is 0 Å². The fourth-order valence-electron chi connectivity index (χ4n) is 3.78. The van der Waals surface area contributed by atoms with Crippen LogP contribution in [-0.4, -0.2) is 18.8 Å². The molecule has 2 N–H and O–H groups in total. The monoisotopic (exact) mass is 239 g/mol. The number of rotatable bonds is 4. The molecular weight excluding hydrogens is 210 g/mol. The van der Waals surface area contributed by atoms with Crippen LogP contribution in [0.5, 0.6) is 0 Å². The largest absolute Gasteiger partial charge is 0.378 e. The predicted molar refractivity (Wildman–Crippen MR) is 71.9 cm³/mol. The quantitative estimate of drug-likeness (QED) is 0.815. The van der Waals surface area contributed by atoms with Gasteiger partial charge in [0, 0.05) is 12.6 Å². The van der Waals surface area contributed by atoms with Crippen molar-refractivity contribution in [1.82, 2.24) is 0 Å². The van der Waals surface area contributed by atoms with Crippen molar-refractivity contribution >= 4 is 0 Å². The summed E-state index contributed by atoms with van der Waals surface area (Å²) in [6, 6.07) is 0.378. The molecule has 17 heavy (non-hydrogen) atoms. The van der Waals surface area contributed by atoms with E-state index in [0.717, 1.165) is 24.9 Å². The normalized spacial score (nSPS) is 36.7. The van der Waals surface area contributed by atoms with Gasteiger partial charge in [-0.1, -0.05) is 32.6 Å². The number of hydrogen-bond acceptors (Lipinski definition) is 2. The van der Waals surface area contributed by atoms with Crippen LogP contribution in [0.2, 0.25) is 0 Å². The zero-order chi connectivity index (χ0) is 12.1. The molecule has 2 heteroatoms. The van der Waals surface area contributed by atoms with E-state index in [2.05, 4.69) is 6.92 Å². The van der Waals surface area contributed by atoms with E-state index in [1.54, 1.807) is 0 Å². The van der Waals surface area contributed by atoms with Crippen LogP contribution in [0.15, 0.2) is 0 Å². The lowest BCUT2D eigenvalue weighted by Crippen LogP contribution is -2.40. The first-order valence-electron chi connectivity index (χ1n) is 7.68. The van der Waals surface area contributed by atoms with E-state index < -0.39 is 0 Å². The highest BCUT2D eigenvalue weighted by molar-refractivity contribution is 4.84. The predicted octanol–water partition coefficient (Wildman–Crippen LogP) is 3.49. The van der Waals surface area contributed by atoms with Crippen LogP contribution in [0, 0.1) is 11.8 Å². The molecule has 0 amide bonds. The lowest BCUT2D eigenvalue weighted by atomic mass is 9.73. The molecule has 1 saturated carbocycles. The topological polar surface area (TPSA) is 35.2 Å². The van der Waals surface area contributed by atoms with Crippen LogP contribution in [0.4, 0.5) is 0 Å². The summed E-state index contributed by atoms with van der Waals surface area (Å²) >= 11 is 0. The molecule has 2 rings (SSSR count). The van der Waals surface area contributed by atoms with Crippen molar-refractivity contribution in [2.24, 2.45) is 17.6 Å². The summed E-state index contributed by atoms with van der Waals surface area (Å²) in [5.74, 6) is 1.64. The number of hydrogen-bond donors (Lipinski definition) is 1. The molecule has 1 saturated heterocycles. The Bertz CT molecular complexity index is 213. The Balaban J connectivity index is 1.82. The first-order chi connectivity index (χ1) is 8.31. The molecule has 0 aromatic carbocycles. The molecule has 100 valence electrons. The van der Waals surface area contributed by atoms with Crippen LogP contribution in [-0.2, 0) is 4.74 Å². The van der Waals surface area contributed by atoms with Gasteiger partial charge >= 0.3 is 0 Å². The standard InChI is InChI=1S/C15H29NO/c1-2-12-7-3-4-9-14(12)15(16)11-13-8-5-6-10-17-13/h12-15H,2-11,16H2,1H3. The highest BCUT2D eigenvalue weighted by atomic mass is 16.5. The summed E-state index contributed by atoms with van der Waals surface area (Å²) in [6.45, 7) is 3.28. The van der Waals surface area contributed by atoms with Gasteiger partial charge < -0.3 is 10.5 Å². The SMILES string of the molecule is CCC1CCCCC1C(N)CC1CCCCO1. The van der Waals surface area contributed by atoms with E-state index in [1.807, 2.05) is 0 Å². The van der Waals surface area contributed by atoms with Crippen molar-refractivity contribution in [2.45, 2.75) is 76.9 Å². The first kappa shape index (κ1) is 13.4. The van der Waals surface area contributed by atoms with Crippen molar-refractivity contribution in [2.75, 3.05) is 6.61 Å². The zero-order valence-corrected chi connectivity index (χ0v) is 11.4. The maximum absolute atomic E-state index is 6.47. The lowest BCUT2D eigenvalue weighted by Gasteiger charge is -2.37. The van der Waals surface area contributed by atoms with Crippen LogP contribution in [0.1, 0.15) is 64.7 Å². The minimum atomic E-state index is 0.378. The van der Waals surface area contributed by atoms with Gasteiger partial charge in [-0.15, -0.1) is 0 Å². The van der Waals surface area contributed by atoms with Crippen molar-refractivity contribution in [1.29, 1.82) is 0 Å². The third kappa shape index (κ3) is 3.69. The molecule has 0 bridgehead atoms. The molecule has 0 radical (unpaired) electrons. The van der Waals surface area contributed by atoms with Crippen molar-refractivity contribution in [3.63, 3.8) is 0 Å². The van der Waals surface area contributed by atoms with E-state index in [1.165, 1.54) is 51.4 Å². The van der Waals surface area contributed by atoms with Crippen molar-refractivity contribution in [3.8, 4) is 0 Å². The fraction of sp³-hybridized carbons (Fsp3) is 1.00. The van der Waals surface area contributed by atoms with E-state index in [9.17, 15) is 0 Å². The third-order valence-electron chi connectivity index (χ3n) is 4.85. The van der Waals surface area contributed by atoms with Gasteiger partial charge in [0.15, 0.2) is 0 Å². The molecule has 0 spiro atoms. The van der Waals surface area contributed by atoms with Crippen molar-refractivity contribution in [3.05, 3.63) is 0 Å². The summed E-state index contributed by atoms with van der Waals surface area (Å²) < 4.78 is 5.83. The fourth-order valence-corrected chi connectivity index (χ4v) is 3.78. The average Bonchev–Trinajstić information content (AvgIpc) is 2.40. The molecule has 1 aliphatic carbocycles. The summed E-state index contributed by atoms with van der Waals surface area (Å²) in [4.78, 5) is 0. The van der Waals surface area contributed by atoms with Gasteiger partial charge in [-0.05, 0) is 43.9 Å². The van der Waals surface area contributed by atoms with Gasteiger partial charge in [-0.2, -0.15) is 0 Å². The molecule has 2 nitrogen and oxygen atoms in total. The van der Waals surface area contributed by atoms with Gasteiger partial charge in [0.25, 0.3) is 0 Å². The zero-order valence-electron chi connectivity index (χ0n) is 11.4. The van der Waals surface area contributed by atoms with Crippen LogP contribution >= 0.6 is 0 Å².